The number of ether oxygens (including phenoxy) is 1. The topological polar surface area (TPSA) is 63.5 Å². The van der Waals surface area contributed by atoms with E-state index < -0.39 is 0 Å². The maximum Gasteiger partial charge on any atom is 0.309 e. The van der Waals surface area contributed by atoms with Crippen LogP contribution in [0, 0.1) is 12.8 Å². The van der Waals surface area contributed by atoms with E-state index in [2.05, 4.69) is 48.8 Å². The Morgan fingerprint density at radius 3 is 2.64 bits per heavy atom. The SMILES string of the molecule is CCOC(=O)C1CCN(CCCN2Cc3nnc(C)n3-c3ccccc32)CC1. The predicted molar refractivity (Wildman–Crippen MR) is 108 cm³/mol. The first-order chi connectivity index (χ1) is 13.7. The number of fused-ring (bicyclic) bond motifs is 3. The number of carbonyl (C=O) groups excluding carboxylic acids is 1. The van der Waals surface area contributed by atoms with Crippen LogP contribution in [0.5, 0.6) is 0 Å². The van der Waals surface area contributed by atoms with Crippen molar-refractivity contribution in [3.8, 4) is 5.69 Å². The number of hydrogen-bond acceptors (Lipinski definition) is 6. The van der Waals surface area contributed by atoms with Gasteiger partial charge in [-0.15, -0.1) is 10.2 Å². The summed E-state index contributed by atoms with van der Waals surface area (Å²) >= 11 is 0. The third kappa shape index (κ3) is 3.76. The van der Waals surface area contributed by atoms with Crippen molar-refractivity contribution in [3.63, 3.8) is 0 Å². The highest BCUT2D eigenvalue weighted by Gasteiger charge is 2.27. The monoisotopic (exact) mass is 383 g/mol. The largest absolute Gasteiger partial charge is 0.466 e. The van der Waals surface area contributed by atoms with E-state index in [0.717, 1.165) is 63.6 Å². The molecule has 0 unspecified atom stereocenters. The van der Waals surface area contributed by atoms with Gasteiger partial charge < -0.3 is 14.5 Å². The van der Waals surface area contributed by atoms with E-state index in [1.165, 1.54) is 11.4 Å². The second-order valence-electron chi connectivity index (χ2n) is 7.63. The fourth-order valence-corrected chi connectivity index (χ4v) is 4.34. The summed E-state index contributed by atoms with van der Waals surface area (Å²) in [5.41, 5.74) is 2.42. The van der Waals surface area contributed by atoms with Gasteiger partial charge in [0.15, 0.2) is 5.82 Å². The van der Waals surface area contributed by atoms with Gasteiger partial charge in [-0.25, -0.2) is 0 Å². The Morgan fingerprint density at radius 1 is 1.14 bits per heavy atom. The van der Waals surface area contributed by atoms with E-state index in [0.29, 0.717) is 6.61 Å². The van der Waals surface area contributed by atoms with Crippen LogP contribution in [0.2, 0.25) is 0 Å². The molecule has 1 aromatic heterocycles. The maximum atomic E-state index is 11.9. The molecule has 2 aromatic rings. The number of para-hydroxylation sites is 2. The summed E-state index contributed by atoms with van der Waals surface area (Å²) < 4.78 is 7.32. The van der Waals surface area contributed by atoms with Crippen molar-refractivity contribution >= 4 is 11.7 Å². The average molecular weight is 383 g/mol. The lowest BCUT2D eigenvalue weighted by atomic mass is 9.97. The summed E-state index contributed by atoms with van der Waals surface area (Å²) in [7, 11) is 0. The molecule has 0 saturated carbocycles. The fraction of sp³-hybridized carbons (Fsp3) is 0.571. The van der Waals surface area contributed by atoms with Gasteiger partial charge in [-0.3, -0.25) is 9.36 Å². The van der Waals surface area contributed by atoms with Crippen LogP contribution in [0.25, 0.3) is 5.69 Å². The van der Waals surface area contributed by atoms with E-state index in [1.807, 2.05) is 13.8 Å². The van der Waals surface area contributed by atoms with Gasteiger partial charge in [-0.05, 0) is 64.9 Å². The molecule has 0 amide bonds. The number of esters is 1. The summed E-state index contributed by atoms with van der Waals surface area (Å²) in [4.78, 5) is 16.8. The van der Waals surface area contributed by atoms with Crippen molar-refractivity contribution < 1.29 is 9.53 Å². The minimum Gasteiger partial charge on any atom is -0.466 e. The Morgan fingerprint density at radius 2 is 1.89 bits per heavy atom. The quantitative estimate of drug-likeness (QED) is 0.715. The molecule has 0 atom stereocenters. The van der Waals surface area contributed by atoms with Crippen molar-refractivity contribution in [3.05, 3.63) is 35.9 Å². The molecule has 1 aromatic carbocycles. The molecule has 7 nitrogen and oxygen atoms in total. The Balaban J connectivity index is 1.31. The number of likely N-dealkylation sites (tertiary alicyclic amines) is 1. The average Bonchev–Trinajstić information content (AvgIpc) is 3.09. The van der Waals surface area contributed by atoms with Gasteiger partial charge in [0.1, 0.15) is 5.82 Å². The summed E-state index contributed by atoms with van der Waals surface area (Å²) in [5.74, 6) is 2.00. The van der Waals surface area contributed by atoms with E-state index in [1.54, 1.807) is 0 Å². The number of anilines is 1. The first-order valence-corrected chi connectivity index (χ1v) is 10.3. The molecule has 2 aliphatic heterocycles. The van der Waals surface area contributed by atoms with Crippen LogP contribution in [-0.4, -0.2) is 58.4 Å². The molecule has 4 rings (SSSR count). The Kier molecular flexibility index (Phi) is 5.62. The summed E-state index contributed by atoms with van der Waals surface area (Å²) in [6, 6.07) is 8.49. The van der Waals surface area contributed by atoms with Crippen LogP contribution < -0.4 is 4.90 Å². The second-order valence-corrected chi connectivity index (χ2v) is 7.63. The highest BCUT2D eigenvalue weighted by atomic mass is 16.5. The lowest BCUT2D eigenvalue weighted by molar-refractivity contribution is -0.149. The molecule has 0 radical (unpaired) electrons. The van der Waals surface area contributed by atoms with E-state index in [4.69, 9.17) is 4.74 Å². The maximum absolute atomic E-state index is 11.9. The standard InChI is InChI=1S/C21H29N5O2/c1-3-28-21(27)17-9-13-24(14-10-17)11-6-12-25-15-20-23-22-16(2)26(20)19-8-5-4-7-18(19)25/h4-5,7-8,17H,3,6,9-15H2,1-2H3. The zero-order valence-corrected chi connectivity index (χ0v) is 16.8. The van der Waals surface area contributed by atoms with Crippen molar-refractivity contribution in [1.29, 1.82) is 0 Å². The number of benzene rings is 1. The molecule has 7 heteroatoms. The third-order valence-electron chi connectivity index (χ3n) is 5.80. The summed E-state index contributed by atoms with van der Waals surface area (Å²) in [5, 5.41) is 8.62. The third-order valence-corrected chi connectivity index (χ3v) is 5.80. The molecular weight excluding hydrogens is 354 g/mol. The highest BCUT2D eigenvalue weighted by molar-refractivity contribution is 5.72. The predicted octanol–water partition coefficient (Wildman–Crippen LogP) is 2.56. The fourth-order valence-electron chi connectivity index (χ4n) is 4.34. The molecule has 3 heterocycles. The number of aromatic nitrogens is 3. The van der Waals surface area contributed by atoms with E-state index in [-0.39, 0.29) is 11.9 Å². The van der Waals surface area contributed by atoms with Gasteiger partial charge in [-0.2, -0.15) is 0 Å². The minimum atomic E-state index is -0.0218. The number of nitrogens with zero attached hydrogens (tertiary/aromatic N) is 5. The highest BCUT2D eigenvalue weighted by Crippen LogP contribution is 2.32. The molecule has 0 bridgehead atoms. The van der Waals surface area contributed by atoms with Gasteiger partial charge in [0.25, 0.3) is 0 Å². The second kappa shape index (κ2) is 8.31. The van der Waals surface area contributed by atoms with Crippen LogP contribution in [0.4, 0.5) is 5.69 Å². The van der Waals surface area contributed by atoms with Crippen molar-refractivity contribution in [1.82, 2.24) is 19.7 Å². The van der Waals surface area contributed by atoms with E-state index in [9.17, 15) is 4.79 Å². The first kappa shape index (κ1) is 18.9. The van der Waals surface area contributed by atoms with Crippen LogP contribution in [0.1, 0.15) is 37.8 Å². The van der Waals surface area contributed by atoms with Crippen molar-refractivity contribution in [2.45, 2.75) is 39.7 Å². The summed E-state index contributed by atoms with van der Waals surface area (Å²) in [6.07, 6.45) is 2.91. The molecule has 2 aliphatic rings. The minimum absolute atomic E-state index is 0.0218. The molecule has 0 spiro atoms. The molecule has 0 N–H and O–H groups in total. The van der Waals surface area contributed by atoms with Crippen LogP contribution in [-0.2, 0) is 16.1 Å². The molecule has 1 saturated heterocycles. The van der Waals surface area contributed by atoms with Crippen LogP contribution in [0.3, 0.4) is 0 Å². The van der Waals surface area contributed by atoms with Crippen molar-refractivity contribution in [2.75, 3.05) is 37.7 Å². The number of hydrogen-bond donors (Lipinski definition) is 0. The van der Waals surface area contributed by atoms with Gasteiger partial charge in [0, 0.05) is 6.54 Å². The smallest absolute Gasteiger partial charge is 0.309 e. The normalized spacial score (nSPS) is 17.3. The lowest BCUT2D eigenvalue weighted by Crippen LogP contribution is -2.39. The number of carbonyl (C=O) groups is 1. The van der Waals surface area contributed by atoms with E-state index >= 15 is 0 Å². The lowest BCUT2D eigenvalue weighted by Gasteiger charge is -2.34. The summed E-state index contributed by atoms with van der Waals surface area (Å²) in [6.45, 7) is 9.15. The molecule has 1 fully saturated rings. The molecule has 150 valence electrons. The van der Waals surface area contributed by atoms with Gasteiger partial charge in [-0.1, -0.05) is 12.1 Å². The number of aryl methyl sites for hydroxylation is 1. The van der Waals surface area contributed by atoms with Crippen LogP contribution in [0.15, 0.2) is 24.3 Å². The Labute approximate surface area is 166 Å². The van der Waals surface area contributed by atoms with Crippen LogP contribution >= 0.6 is 0 Å². The molecular formula is C21H29N5O2. The Hall–Kier alpha value is -2.41. The van der Waals surface area contributed by atoms with Gasteiger partial charge >= 0.3 is 5.97 Å². The zero-order valence-electron chi connectivity index (χ0n) is 16.8. The van der Waals surface area contributed by atoms with Crippen molar-refractivity contribution in [2.24, 2.45) is 5.92 Å². The number of rotatable bonds is 6. The Bertz CT molecular complexity index is 826. The molecule has 28 heavy (non-hydrogen) atoms. The van der Waals surface area contributed by atoms with Gasteiger partial charge in [0.2, 0.25) is 0 Å². The molecule has 0 aliphatic carbocycles. The zero-order chi connectivity index (χ0) is 19.5. The number of piperidine rings is 1. The first-order valence-electron chi connectivity index (χ1n) is 10.3. The van der Waals surface area contributed by atoms with Gasteiger partial charge in [0.05, 0.1) is 30.4 Å².